The van der Waals surface area contributed by atoms with E-state index in [1.54, 1.807) is 15.8 Å². The lowest BCUT2D eigenvalue weighted by Crippen LogP contribution is -2.34. The van der Waals surface area contributed by atoms with Gasteiger partial charge in [-0.3, -0.25) is 0 Å². The highest BCUT2D eigenvalue weighted by molar-refractivity contribution is 9.10. The van der Waals surface area contributed by atoms with Crippen molar-refractivity contribution in [2.75, 3.05) is 13.1 Å². The third-order valence-electron chi connectivity index (χ3n) is 3.07. The fraction of sp³-hybridized carbons (Fsp3) is 0.600. The smallest absolute Gasteiger partial charge is 0.253 e. The molecule has 1 fully saturated rings. The predicted molar refractivity (Wildman–Crippen MR) is 72.5 cm³/mol. The molecule has 2 N–H and O–H groups in total. The van der Waals surface area contributed by atoms with Gasteiger partial charge in [-0.1, -0.05) is 0 Å². The van der Waals surface area contributed by atoms with Gasteiger partial charge < -0.3 is 5.73 Å². The summed E-state index contributed by atoms with van der Waals surface area (Å²) in [5.41, 5.74) is 5.62. The van der Waals surface area contributed by atoms with Crippen molar-refractivity contribution in [3.05, 3.63) is 15.9 Å². The van der Waals surface area contributed by atoms with E-state index >= 15 is 0 Å². The lowest BCUT2D eigenvalue weighted by atomic mass is 10.1. The Kier molecular flexibility index (Phi) is 3.94. The Morgan fingerprint density at radius 3 is 2.82 bits per heavy atom. The van der Waals surface area contributed by atoms with Crippen LogP contribution in [0.3, 0.4) is 0 Å². The van der Waals surface area contributed by atoms with E-state index < -0.39 is 10.0 Å². The van der Waals surface area contributed by atoms with Crippen LogP contribution in [-0.4, -0.2) is 31.9 Å². The molecule has 2 unspecified atom stereocenters. The Hall–Kier alpha value is 0.0500. The van der Waals surface area contributed by atoms with Gasteiger partial charge in [0.25, 0.3) is 10.0 Å². The van der Waals surface area contributed by atoms with Gasteiger partial charge in [-0.25, -0.2) is 8.42 Å². The third-order valence-corrected chi connectivity index (χ3v) is 7.69. The van der Waals surface area contributed by atoms with Gasteiger partial charge in [-0.05, 0) is 53.2 Å². The Morgan fingerprint density at radius 2 is 2.35 bits per heavy atom. The summed E-state index contributed by atoms with van der Waals surface area (Å²) < 4.78 is 27.5. The normalized spacial score (nSPS) is 26.5. The minimum atomic E-state index is -3.37. The molecule has 0 amide bonds. The van der Waals surface area contributed by atoms with Gasteiger partial charge in [0.2, 0.25) is 0 Å². The van der Waals surface area contributed by atoms with E-state index in [0.29, 0.717) is 21.8 Å². The molecule has 96 valence electrons. The standard InChI is InChI=1S/C10H15BrN2O2S2/c1-7-4-8(5-12)6-13(7)17(14,15)10-9(11)2-3-16-10/h2-3,7-8H,4-6,12H2,1H3. The van der Waals surface area contributed by atoms with E-state index in [0.717, 1.165) is 6.42 Å². The number of sulfonamides is 1. The van der Waals surface area contributed by atoms with Crippen molar-refractivity contribution in [3.8, 4) is 0 Å². The molecule has 1 aromatic rings. The molecular weight excluding hydrogens is 324 g/mol. The zero-order chi connectivity index (χ0) is 12.6. The second-order valence-corrected chi connectivity index (χ2v) is 8.17. The van der Waals surface area contributed by atoms with Crippen LogP contribution >= 0.6 is 27.3 Å². The van der Waals surface area contributed by atoms with Gasteiger partial charge in [0.05, 0.1) is 0 Å². The lowest BCUT2D eigenvalue weighted by molar-refractivity contribution is 0.405. The summed E-state index contributed by atoms with van der Waals surface area (Å²) >= 11 is 4.53. The molecule has 0 radical (unpaired) electrons. The SMILES string of the molecule is CC1CC(CN)CN1S(=O)(=O)c1sccc1Br. The van der Waals surface area contributed by atoms with E-state index in [4.69, 9.17) is 5.73 Å². The molecule has 1 aliphatic rings. The summed E-state index contributed by atoms with van der Waals surface area (Å²) in [6.45, 7) is 3.01. The topological polar surface area (TPSA) is 63.4 Å². The number of nitrogens with zero attached hydrogens (tertiary/aromatic N) is 1. The molecule has 2 rings (SSSR count). The number of nitrogens with two attached hydrogens (primary N) is 1. The van der Waals surface area contributed by atoms with Crippen LogP contribution in [0.15, 0.2) is 20.1 Å². The quantitative estimate of drug-likeness (QED) is 0.914. The summed E-state index contributed by atoms with van der Waals surface area (Å²) in [4.78, 5) is 0. The molecule has 0 bridgehead atoms. The molecule has 2 heterocycles. The van der Waals surface area contributed by atoms with Crippen LogP contribution in [0.1, 0.15) is 13.3 Å². The van der Waals surface area contributed by atoms with E-state index in [-0.39, 0.29) is 12.0 Å². The Bertz CT molecular complexity index is 500. The van der Waals surface area contributed by atoms with Crippen molar-refractivity contribution in [1.29, 1.82) is 0 Å². The summed E-state index contributed by atoms with van der Waals surface area (Å²) in [7, 11) is -3.37. The summed E-state index contributed by atoms with van der Waals surface area (Å²) in [6, 6.07) is 1.79. The molecule has 7 heteroatoms. The molecule has 0 saturated carbocycles. The fourth-order valence-electron chi connectivity index (χ4n) is 2.19. The second kappa shape index (κ2) is 4.97. The summed E-state index contributed by atoms with van der Waals surface area (Å²) in [5.74, 6) is 0.276. The van der Waals surface area contributed by atoms with Crippen molar-refractivity contribution in [2.24, 2.45) is 11.7 Å². The molecular formula is C10H15BrN2O2S2. The highest BCUT2D eigenvalue weighted by Crippen LogP contribution is 2.35. The first-order chi connectivity index (χ1) is 7.96. The van der Waals surface area contributed by atoms with Crippen LogP contribution < -0.4 is 5.73 Å². The first-order valence-electron chi connectivity index (χ1n) is 5.41. The predicted octanol–water partition coefficient (Wildman–Crippen LogP) is 1.87. The van der Waals surface area contributed by atoms with Crippen molar-refractivity contribution < 1.29 is 8.42 Å². The zero-order valence-electron chi connectivity index (χ0n) is 9.47. The van der Waals surface area contributed by atoms with Crippen molar-refractivity contribution in [3.63, 3.8) is 0 Å². The van der Waals surface area contributed by atoms with E-state index in [9.17, 15) is 8.42 Å². The summed E-state index contributed by atoms with van der Waals surface area (Å²) in [5, 5.41) is 1.78. The Balaban J connectivity index is 2.32. The zero-order valence-corrected chi connectivity index (χ0v) is 12.7. The third kappa shape index (κ3) is 2.44. The largest absolute Gasteiger partial charge is 0.330 e. The fourth-order valence-corrected chi connectivity index (χ4v) is 6.33. The maximum atomic E-state index is 12.5. The first kappa shape index (κ1) is 13.5. The van der Waals surface area contributed by atoms with Gasteiger partial charge in [-0.15, -0.1) is 11.3 Å². The number of rotatable bonds is 3. The minimum Gasteiger partial charge on any atom is -0.330 e. The van der Waals surface area contributed by atoms with Gasteiger partial charge in [0, 0.05) is 17.1 Å². The van der Waals surface area contributed by atoms with Crippen molar-refractivity contribution >= 4 is 37.3 Å². The number of hydrogen-bond donors (Lipinski definition) is 1. The van der Waals surface area contributed by atoms with Crippen LogP contribution in [0.2, 0.25) is 0 Å². The van der Waals surface area contributed by atoms with Gasteiger partial charge in [0.15, 0.2) is 0 Å². The highest BCUT2D eigenvalue weighted by Gasteiger charge is 2.38. The number of thiophene rings is 1. The van der Waals surface area contributed by atoms with Crippen LogP contribution in [0, 0.1) is 5.92 Å². The maximum Gasteiger partial charge on any atom is 0.253 e. The highest BCUT2D eigenvalue weighted by atomic mass is 79.9. The van der Waals surface area contributed by atoms with E-state index in [2.05, 4.69) is 15.9 Å². The number of halogens is 1. The average Bonchev–Trinajstić information content (AvgIpc) is 2.84. The van der Waals surface area contributed by atoms with Crippen LogP contribution in [0.25, 0.3) is 0 Å². The van der Waals surface area contributed by atoms with Crippen molar-refractivity contribution in [1.82, 2.24) is 4.31 Å². The van der Waals surface area contributed by atoms with E-state index in [1.165, 1.54) is 11.3 Å². The van der Waals surface area contributed by atoms with E-state index in [1.807, 2.05) is 6.92 Å². The van der Waals surface area contributed by atoms with Crippen LogP contribution in [0.5, 0.6) is 0 Å². The minimum absolute atomic E-state index is 0.0301. The molecule has 1 aliphatic heterocycles. The van der Waals surface area contributed by atoms with Gasteiger partial charge in [0.1, 0.15) is 4.21 Å². The molecule has 1 aromatic heterocycles. The Morgan fingerprint density at radius 1 is 1.65 bits per heavy atom. The second-order valence-electron chi connectivity index (χ2n) is 4.32. The first-order valence-corrected chi connectivity index (χ1v) is 8.53. The molecule has 2 atom stereocenters. The molecule has 4 nitrogen and oxygen atoms in total. The van der Waals surface area contributed by atoms with Crippen LogP contribution in [0.4, 0.5) is 0 Å². The molecule has 1 saturated heterocycles. The maximum absolute atomic E-state index is 12.5. The van der Waals surface area contributed by atoms with Crippen LogP contribution in [-0.2, 0) is 10.0 Å². The van der Waals surface area contributed by atoms with Gasteiger partial charge in [-0.2, -0.15) is 4.31 Å². The molecule has 0 aromatic carbocycles. The molecule has 17 heavy (non-hydrogen) atoms. The Labute approximate surface area is 114 Å². The monoisotopic (exact) mass is 338 g/mol. The molecule has 0 aliphatic carbocycles. The lowest BCUT2D eigenvalue weighted by Gasteiger charge is -2.20. The van der Waals surface area contributed by atoms with Gasteiger partial charge >= 0.3 is 0 Å². The summed E-state index contributed by atoms with van der Waals surface area (Å²) in [6.07, 6.45) is 0.846. The number of hydrogen-bond acceptors (Lipinski definition) is 4. The van der Waals surface area contributed by atoms with Crippen molar-refractivity contribution in [2.45, 2.75) is 23.6 Å². The molecule has 0 spiro atoms. The average molecular weight is 339 g/mol.